The van der Waals surface area contributed by atoms with Crippen molar-refractivity contribution in [3.8, 4) is 0 Å². The minimum atomic E-state index is -1.54. The van der Waals surface area contributed by atoms with E-state index in [2.05, 4.69) is 0 Å². The van der Waals surface area contributed by atoms with Gasteiger partial charge in [-0.15, -0.1) is 0 Å². The molecule has 1 saturated carbocycles. The van der Waals surface area contributed by atoms with Crippen molar-refractivity contribution in [3.05, 3.63) is 36.0 Å². The zero-order chi connectivity index (χ0) is 16.6. The highest BCUT2D eigenvalue weighted by Gasteiger charge is 2.49. The maximum absolute atomic E-state index is 14.8. The third kappa shape index (κ3) is 3.02. The summed E-state index contributed by atoms with van der Waals surface area (Å²) < 4.78 is 29.7. The normalized spacial score (nSPS) is 37.7. The van der Waals surface area contributed by atoms with Crippen LogP contribution >= 0.6 is 0 Å². The number of hydrogen-bond acceptors (Lipinski definition) is 5. The van der Waals surface area contributed by atoms with Gasteiger partial charge in [-0.2, -0.15) is 0 Å². The van der Waals surface area contributed by atoms with Crippen molar-refractivity contribution in [2.24, 2.45) is 11.8 Å². The maximum Gasteiger partial charge on any atom is 0.509 e. The largest absolute Gasteiger partial charge is 0.509 e. The summed E-state index contributed by atoms with van der Waals surface area (Å²) in [5, 5.41) is 0. The Morgan fingerprint density at radius 3 is 2.61 bits per heavy atom. The second-order valence-corrected chi connectivity index (χ2v) is 5.67. The molecule has 0 radical (unpaired) electrons. The fraction of sp³-hybridized carbons (Fsp3) is 0.529. The summed E-state index contributed by atoms with van der Waals surface area (Å²) in [4.78, 5) is 22.8. The van der Waals surface area contributed by atoms with E-state index in [9.17, 15) is 14.0 Å². The van der Waals surface area contributed by atoms with Crippen LogP contribution in [0.15, 0.2) is 36.0 Å². The average Bonchev–Trinajstić information content (AvgIpc) is 3.34. The maximum atomic E-state index is 14.8. The lowest BCUT2D eigenvalue weighted by Gasteiger charge is -2.38. The third-order valence-electron chi connectivity index (χ3n) is 4.23. The van der Waals surface area contributed by atoms with Crippen molar-refractivity contribution in [1.82, 2.24) is 0 Å². The first-order valence-electron chi connectivity index (χ1n) is 7.92. The number of allylic oxidation sites excluding steroid dienone is 3. The van der Waals surface area contributed by atoms with Crippen molar-refractivity contribution < 1.29 is 28.2 Å². The van der Waals surface area contributed by atoms with Crippen molar-refractivity contribution >= 4 is 12.1 Å². The third-order valence-corrected chi connectivity index (χ3v) is 4.23. The molecule has 2 aliphatic carbocycles. The molecule has 0 aromatic heterocycles. The Balaban J connectivity index is 0.000000753. The molecule has 0 spiro atoms. The number of esters is 1. The van der Waals surface area contributed by atoms with E-state index < -0.39 is 36.6 Å². The highest BCUT2D eigenvalue weighted by atomic mass is 19.1. The van der Waals surface area contributed by atoms with Crippen LogP contribution in [0, 0.1) is 11.8 Å². The molecule has 0 aromatic rings. The first kappa shape index (κ1) is 15.8. The molecule has 0 N–H and O–H groups in total. The summed E-state index contributed by atoms with van der Waals surface area (Å²) in [6.07, 6.45) is 3.73. The lowest BCUT2D eigenvalue weighted by molar-refractivity contribution is -0.180. The summed E-state index contributed by atoms with van der Waals surface area (Å²) in [5.74, 6) is 0.301. The van der Waals surface area contributed by atoms with Gasteiger partial charge in [0.15, 0.2) is 24.5 Å². The van der Waals surface area contributed by atoms with E-state index in [-0.39, 0.29) is 0 Å². The lowest BCUT2D eigenvalue weighted by Crippen LogP contribution is -2.54. The van der Waals surface area contributed by atoms with E-state index >= 15 is 0 Å². The number of cyclic esters (lactones) is 1. The number of halogens is 1. The van der Waals surface area contributed by atoms with Crippen LogP contribution in [0.5, 0.6) is 0 Å². The number of hydrogen-bond donors (Lipinski definition) is 0. The van der Waals surface area contributed by atoms with E-state index in [0.29, 0.717) is 17.4 Å². The summed E-state index contributed by atoms with van der Waals surface area (Å²) >= 11 is 0. The molecule has 0 aromatic carbocycles. The van der Waals surface area contributed by atoms with E-state index in [1.54, 1.807) is 6.08 Å². The first-order chi connectivity index (χ1) is 11.1. The van der Waals surface area contributed by atoms with Gasteiger partial charge in [0.2, 0.25) is 0 Å². The molecule has 1 saturated heterocycles. The SMILES string of the molecule is CC.O=C1C=CC2OC(=O)OC(C(F)C3=CC4CC4C=C3)C2O1. The summed E-state index contributed by atoms with van der Waals surface area (Å²) in [5.41, 5.74) is 0.470. The monoisotopic (exact) mass is 322 g/mol. The minimum Gasteiger partial charge on any atom is -0.451 e. The molecule has 124 valence electrons. The minimum absolute atomic E-state index is 0.378. The van der Waals surface area contributed by atoms with Gasteiger partial charge in [0, 0.05) is 6.08 Å². The van der Waals surface area contributed by atoms with Gasteiger partial charge in [-0.05, 0) is 29.9 Å². The molecule has 0 bridgehead atoms. The van der Waals surface area contributed by atoms with Gasteiger partial charge < -0.3 is 14.2 Å². The summed E-state index contributed by atoms with van der Waals surface area (Å²) in [6.45, 7) is 4.00. The number of alkyl halides is 1. The molecule has 6 heteroatoms. The Kier molecular flexibility index (Phi) is 4.24. The molecule has 4 aliphatic rings. The first-order valence-corrected chi connectivity index (χ1v) is 7.92. The van der Waals surface area contributed by atoms with Crippen LogP contribution in [0.25, 0.3) is 0 Å². The molecule has 5 nitrogen and oxygen atoms in total. The van der Waals surface area contributed by atoms with Crippen molar-refractivity contribution in [2.75, 3.05) is 0 Å². The standard InChI is InChI=1S/C15H13FO5.C2H6/c16-12(8-2-1-7-5-9(7)6-8)14-13-10(19-15(18)21-14)3-4-11(17)20-13;1-2/h1-4,6-7,9-10,12-14H,5H2;1-2H3. The quantitative estimate of drug-likeness (QED) is 0.732. The Morgan fingerprint density at radius 1 is 1.09 bits per heavy atom. The number of carbonyl (C=O) groups excluding carboxylic acids is 2. The highest BCUT2D eigenvalue weighted by Crippen LogP contribution is 2.45. The predicted octanol–water partition coefficient (Wildman–Crippen LogP) is 2.87. The molecule has 0 amide bonds. The van der Waals surface area contributed by atoms with Gasteiger partial charge in [0.05, 0.1) is 0 Å². The summed E-state index contributed by atoms with van der Waals surface area (Å²) in [6, 6.07) is 0. The van der Waals surface area contributed by atoms with Crippen LogP contribution in [0.1, 0.15) is 20.3 Å². The average molecular weight is 322 g/mol. The Morgan fingerprint density at radius 2 is 1.87 bits per heavy atom. The molecule has 2 aliphatic heterocycles. The van der Waals surface area contributed by atoms with E-state index in [1.165, 1.54) is 12.2 Å². The van der Waals surface area contributed by atoms with E-state index in [1.807, 2.05) is 26.0 Å². The van der Waals surface area contributed by atoms with Crippen LogP contribution in [0.2, 0.25) is 0 Å². The van der Waals surface area contributed by atoms with Gasteiger partial charge in [0.1, 0.15) is 0 Å². The molecule has 23 heavy (non-hydrogen) atoms. The van der Waals surface area contributed by atoms with Crippen molar-refractivity contribution in [1.29, 1.82) is 0 Å². The highest BCUT2D eigenvalue weighted by molar-refractivity contribution is 5.83. The fourth-order valence-corrected chi connectivity index (χ4v) is 2.99. The number of carbonyl (C=O) groups is 2. The van der Waals surface area contributed by atoms with Crippen molar-refractivity contribution in [2.45, 2.75) is 44.8 Å². The van der Waals surface area contributed by atoms with Gasteiger partial charge in [-0.1, -0.05) is 32.1 Å². The zero-order valence-corrected chi connectivity index (χ0v) is 13.0. The molecule has 2 heterocycles. The second kappa shape index (κ2) is 6.18. The van der Waals surface area contributed by atoms with Crippen LogP contribution < -0.4 is 0 Å². The van der Waals surface area contributed by atoms with E-state index in [0.717, 1.165) is 6.42 Å². The van der Waals surface area contributed by atoms with Crippen molar-refractivity contribution in [3.63, 3.8) is 0 Å². The number of ether oxygens (including phenoxy) is 3. The molecule has 6 atom stereocenters. The molecule has 4 rings (SSSR count). The molecular formula is C17H19FO5. The van der Waals surface area contributed by atoms with Gasteiger partial charge >= 0.3 is 12.1 Å². The lowest BCUT2D eigenvalue weighted by atomic mass is 9.93. The van der Waals surface area contributed by atoms with E-state index in [4.69, 9.17) is 14.2 Å². The van der Waals surface area contributed by atoms with Gasteiger partial charge in [-0.3, -0.25) is 0 Å². The predicted molar refractivity (Wildman–Crippen MR) is 79.2 cm³/mol. The Bertz CT molecular complexity index is 594. The van der Waals surface area contributed by atoms with Crippen LogP contribution in [-0.4, -0.2) is 36.6 Å². The van der Waals surface area contributed by atoms with Crippen LogP contribution in [-0.2, 0) is 19.0 Å². The van der Waals surface area contributed by atoms with Gasteiger partial charge in [0.25, 0.3) is 0 Å². The Hall–Kier alpha value is -2.11. The van der Waals surface area contributed by atoms with Gasteiger partial charge in [-0.25, -0.2) is 14.0 Å². The summed E-state index contributed by atoms with van der Waals surface area (Å²) in [7, 11) is 0. The second-order valence-electron chi connectivity index (χ2n) is 5.67. The molecule has 2 fully saturated rings. The smallest absolute Gasteiger partial charge is 0.451 e. The molecule has 6 unspecified atom stereocenters. The van der Waals surface area contributed by atoms with Crippen LogP contribution in [0.3, 0.4) is 0 Å². The molecular weight excluding hydrogens is 303 g/mol. The Labute approximate surface area is 133 Å². The number of fused-ring (bicyclic) bond motifs is 2. The fourth-order valence-electron chi connectivity index (χ4n) is 2.99. The van der Waals surface area contributed by atoms with Crippen LogP contribution in [0.4, 0.5) is 9.18 Å². The number of rotatable bonds is 2. The topological polar surface area (TPSA) is 61.8 Å². The zero-order valence-electron chi connectivity index (χ0n) is 13.0.